The number of carbonyl (C=O) groups excluding carboxylic acids is 2. The van der Waals surface area contributed by atoms with Crippen molar-refractivity contribution in [3.05, 3.63) is 203 Å². The van der Waals surface area contributed by atoms with Crippen LogP contribution in [0, 0.1) is 25.5 Å². The molecule has 2 amide bonds. The maximum absolute atomic E-state index is 15.6. The van der Waals surface area contributed by atoms with Crippen LogP contribution in [0.3, 0.4) is 0 Å². The van der Waals surface area contributed by atoms with Crippen LogP contribution in [0.5, 0.6) is 0 Å². The van der Waals surface area contributed by atoms with E-state index >= 15 is 8.78 Å². The van der Waals surface area contributed by atoms with Crippen molar-refractivity contribution in [2.24, 2.45) is 0 Å². The molecule has 0 saturated carbocycles. The van der Waals surface area contributed by atoms with Crippen molar-refractivity contribution < 1.29 is 28.2 Å². The summed E-state index contributed by atoms with van der Waals surface area (Å²) in [7, 11) is 0. The molecule has 4 aromatic carbocycles. The lowest BCUT2D eigenvalue weighted by Gasteiger charge is -2.36. The first-order chi connectivity index (χ1) is 34.9. The molecular weight excluding hydrogens is 980 g/mol. The summed E-state index contributed by atoms with van der Waals surface area (Å²) in [5.74, 6) is -2.45. The van der Waals surface area contributed by atoms with Crippen molar-refractivity contribution in [1.82, 2.24) is 33.7 Å². The summed E-state index contributed by atoms with van der Waals surface area (Å²) in [4.78, 5) is 60.4. The van der Waals surface area contributed by atoms with E-state index in [1.165, 1.54) is 32.2 Å². The minimum absolute atomic E-state index is 0.0273. The van der Waals surface area contributed by atoms with Gasteiger partial charge in [0, 0.05) is 54.8 Å². The summed E-state index contributed by atoms with van der Waals surface area (Å²) < 4.78 is 41.4. The molecule has 3 aromatic heterocycles. The molecule has 73 heavy (non-hydrogen) atoms. The lowest BCUT2D eigenvalue weighted by Crippen LogP contribution is -2.41. The van der Waals surface area contributed by atoms with Crippen LogP contribution in [-0.4, -0.2) is 63.7 Å². The van der Waals surface area contributed by atoms with Gasteiger partial charge in [0.1, 0.15) is 36.2 Å². The third-order valence-corrected chi connectivity index (χ3v) is 13.6. The molecule has 0 fully saturated rings. The van der Waals surface area contributed by atoms with Crippen LogP contribution in [0.1, 0.15) is 99.8 Å². The summed E-state index contributed by atoms with van der Waals surface area (Å²) in [5.41, 5.74) is 5.37. The molecular formula is C54H53Cl2F2N9O6. The van der Waals surface area contributed by atoms with Crippen molar-refractivity contribution in [2.75, 3.05) is 22.9 Å². The molecule has 0 radical (unpaired) electrons. The van der Waals surface area contributed by atoms with Gasteiger partial charge in [-0.15, -0.1) is 10.2 Å². The number of fused-ring (bicyclic) bond motifs is 2. The average molecular weight is 1030 g/mol. The number of aryl methyl sites for hydroxylation is 2. The van der Waals surface area contributed by atoms with E-state index in [0.717, 1.165) is 43.4 Å². The predicted molar refractivity (Wildman–Crippen MR) is 276 cm³/mol. The maximum atomic E-state index is 15.6. The number of aliphatic hydroxyl groups is 1. The van der Waals surface area contributed by atoms with Gasteiger partial charge in [-0.05, 0) is 106 Å². The fraction of sp³-hybridized carbons (Fsp3) is 0.278. The number of amides is 2. The van der Waals surface area contributed by atoms with Gasteiger partial charge in [-0.25, -0.2) is 23.4 Å². The molecule has 2 aliphatic rings. The van der Waals surface area contributed by atoms with Crippen molar-refractivity contribution in [1.29, 1.82) is 0 Å². The smallest absolute Gasteiger partial charge is 0.350 e. The monoisotopic (exact) mass is 1030 g/mol. The highest BCUT2D eigenvalue weighted by Gasteiger charge is 2.38. The highest BCUT2D eigenvalue weighted by molar-refractivity contribution is 6.34. The van der Waals surface area contributed by atoms with E-state index in [9.17, 15) is 24.3 Å². The minimum atomic E-state index is -0.786. The number of hydrogen-bond donors (Lipinski definition) is 1. The Balaban J connectivity index is 0.000000197. The molecule has 7 aromatic rings. The summed E-state index contributed by atoms with van der Waals surface area (Å²) in [5, 5.41) is 18.7. The first-order valence-electron chi connectivity index (χ1n) is 23.5. The standard InChI is InChI=1S/C30H28ClFN4O3.C24H25ClFN5O3/c1-4-34-28(18-39-17-20-10-6-5-7-11-20)33-36(30(34)38)27-15-21-22(14-25(27)32)29(37)35(16-23(21)19(2)3)26-13-9-8-12-24(26)31;1-6-29-20(11-32)28-31(24(29)34)19-9-15-16(8-18(19)26)23(33)30(10-17(15)12(2)3)21-13(4)7-14(5)27-22(21)25/h5-15,23H,2,4,16-18H2,1,3H3;7-9,17,32H,2,6,10-11H2,1,3-5H3/t;17-/m.0/s1. The topological polar surface area (TPSA) is 163 Å². The van der Waals surface area contributed by atoms with Crippen molar-refractivity contribution in [3.63, 3.8) is 0 Å². The molecule has 378 valence electrons. The van der Waals surface area contributed by atoms with Crippen molar-refractivity contribution in [2.45, 2.75) is 86.3 Å². The van der Waals surface area contributed by atoms with Gasteiger partial charge in [0.2, 0.25) is 0 Å². The molecule has 19 heteroatoms. The number of halogens is 4. The Labute approximate surface area is 429 Å². The highest BCUT2D eigenvalue weighted by atomic mass is 35.5. The summed E-state index contributed by atoms with van der Waals surface area (Å²) in [6, 6.07) is 23.8. The molecule has 2 aliphatic heterocycles. The van der Waals surface area contributed by atoms with Gasteiger partial charge in [0.25, 0.3) is 11.8 Å². The van der Waals surface area contributed by atoms with E-state index in [0.29, 0.717) is 46.5 Å². The number of hydrogen-bond acceptors (Lipinski definition) is 9. The summed E-state index contributed by atoms with van der Waals surface area (Å²) in [6.07, 6.45) is 0. The molecule has 1 unspecified atom stereocenters. The van der Waals surface area contributed by atoms with Crippen LogP contribution >= 0.6 is 23.2 Å². The Bertz CT molecular complexity index is 3430. The van der Waals surface area contributed by atoms with E-state index in [4.69, 9.17) is 27.9 Å². The van der Waals surface area contributed by atoms with Crippen LogP contribution in [-0.2, 0) is 37.6 Å². The number of pyridine rings is 1. The molecule has 15 nitrogen and oxygen atoms in total. The molecule has 1 N–H and O–H groups in total. The summed E-state index contributed by atoms with van der Waals surface area (Å²) in [6.45, 7) is 20.2. The number of carbonyl (C=O) groups is 2. The largest absolute Gasteiger partial charge is 0.388 e. The van der Waals surface area contributed by atoms with Crippen LogP contribution < -0.4 is 21.2 Å². The summed E-state index contributed by atoms with van der Waals surface area (Å²) >= 11 is 12.8. The van der Waals surface area contributed by atoms with Gasteiger partial charge >= 0.3 is 11.4 Å². The first-order valence-corrected chi connectivity index (χ1v) is 24.2. The second-order valence-electron chi connectivity index (χ2n) is 17.9. The van der Waals surface area contributed by atoms with Gasteiger partial charge in [-0.2, -0.15) is 9.36 Å². The van der Waals surface area contributed by atoms with Gasteiger partial charge < -0.3 is 19.6 Å². The number of nitrogens with zero attached hydrogens (tertiary/aromatic N) is 9. The zero-order valence-electron chi connectivity index (χ0n) is 41.1. The number of rotatable bonds is 13. The van der Waals surface area contributed by atoms with E-state index in [1.807, 2.05) is 71.0 Å². The fourth-order valence-electron chi connectivity index (χ4n) is 9.35. The zero-order valence-corrected chi connectivity index (χ0v) is 42.6. The lowest BCUT2D eigenvalue weighted by atomic mass is 9.84. The fourth-order valence-corrected chi connectivity index (χ4v) is 9.97. The Morgan fingerprint density at radius 2 is 1.21 bits per heavy atom. The van der Waals surface area contributed by atoms with E-state index in [1.54, 1.807) is 36.1 Å². The zero-order chi connectivity index (χ0) is 52.6. The Hall–Kier alpha value is -7.31. The van der Waals surface area contributed by atoms with E-state index in [2.05, 4.69) is 28.3 Å². The normalized spacial score (nSPS) is 15.2. The molecule has 5 heterocycles. The number of benzene rings is 4. The number of para-hydroxylation sites is 1. The Morgan fingerprint density at radius 3 is 1.71 bits per heavy atom. The SMILES string of the molecule is C=C(C)C1CN(c2ccccc2Cl)C(=O)c2cc(F)c(-n3nc(COCc4ccccc4)n(CC)c3=O)cc21.C=C(C)[C@@H]1CN(c2c(C)cc(C)nc2Cl)C(=O)c2cc(F)c(-n3nc(CO)n(CC)c3=O)cc21. The number of aliphatic hydroxyl groups excluding tert-OH is 1. The molecule has 0 aliphatic carbocycles. The average Bonchev–Trinajstić information content (AvgIpc) is 3.86. The van der Waals surface area contributed by atoms with Crippen LogP contribution in [0.25, 0.3) is 11.4 Å². The van der Waals surface area contributed by atoms with Gasteiger partial charge in [-0.3, -0.25) is 18.7 Å². The minimum Gasteiger partial charge on any atom is -0.388 e. The predicted octanol–water partition coefficient (Wildman–Crippen LogP) is 9.55. The second-order valence-corrected chi connectivity index (χ2v) is 18.7. The maximum Gasteiger partial charge on any atom is 0.350 e. The molecule has 9 rings (SSSR count). The van der Waals surface area contributed by atoms with Crippen molar-refractivity contribution in [3.8, 4) is 11.4 Å². The van der Waals surface area contributed by atoms with Crippen LogP contribution in [0.4, 0.5) is 20.2 Å². The van der Waals surface area contributed by atoms with E-state index < -0.39 is 35.5 Å². The van der Waals surface area contributed by atoms with Crippen molar-refractivity contribution >= 4 is 46.4 Å². The van der Waals surface area contributed by atoms with E-state index in [-0.39, 0.29) is 77.5 Å². The van der Waals surface area contributed by atoms with Crippen LogP contribution in [0.15, 0.2) is 119 Å². The lowest BCUT2D eigenvalue weighted by molar-refractivity contribution is 0.0970. The number of anilines is 2. The number of ether oxygens (including phenoxy) is 1. The molecule has 0 bridgehead atoms. The van der Waals surface area contributed by atoms with Gasteiger partial charge in [-0.1, -0.05) is 90.0 Å². The number of aromatic nitrogens is 7. The van der Waals surface area contributed by atoms with Gasteiger partial charge in [0.15, 0.2) is 16.8 Å². The first kappa shape index (κ1) is 52.0. The second kappa shape index (κ2) is 21.4. The van der Waals surface area contributed by atoms with Gasteiger partial charge in [0.05, 0.1) is 23.0 Å². The third-order valence-electron chi connectivity index (χ3n) is 13.0. The molecule has 0 spiro atoms. The Morgan fingerprint density at radius 1 is 0.699 bits per heavy atom. The third kappa shape index (κ3) is 9.97. The Kier molecular flexibility index (Phi) is 15.3. The molecule has 2 atom stereocenters. The quantitative estimate of drug-likeness (QED) is 0.0876. The molecule has 0 saturated heterocycles. The van der Waals surface area contributed by atoms with Crippen LogP contribution in [0.2, 0.25) is 10.2 Å². The highest BCUT2D eigenvalue weighted by Crippen LogP contribution is 2.41.